The molecule has 0 radical (unpaired) electrons. The van der Waals surface area contributed by atoms with E-state index in [-0.39, 0.29) is 11.9 Å². The summed E-state index contributed by atoms with van der Waals surface area (Å²) < 4.78 is 5.44. The highest BCUT2D eigenvalue weighted by Crippen LogP contribution is 2.20. The fourth-order valence-electron chi connectivity index (χ4n) is 2.86. The third-order valence-corrected chi connectivity index (χ3v) is 4.08. The normalized spacial score (nSPS) is 18.3. The molecule has 2 aromatic rings. The lowest BCUT2D eigenvalue weighted by atomic mass is 10.1. The smallest absolute Gasteiger partial charge is 0.310 e. The first-order valence-electron chi connectivity index (χ1n) is 7.78. The highest BCUT2D eigenvalue weighted by atomic mass is 16.5. The van der Waals surface area contributed by atoms with Crippen LogP contribution >= 0.6 is 0 Å². The van der Waals surface area contributed by atoms with Gasteiger partial charge < -0.3 is 4.74 Å². The zero-order valence-electron chi connectivity index (χ0n) is 12.7. The highest BCUT2D eigenvalue weighted by molar-refractivity contribution is 5.73. The number of ether oxygens (including phenoxy) is 1. The number of carbonyl (C=O) groups excluding carboxylic acids is 1. The van der Waals surface area contributed by atoms with Gasteiger partial charge in [-0.1, -0.05) is 60.7 Å². The van der Waals surface area contributed by atoms with Crippen LogP contribution in [0.3, 0.4) is 0 Å². The number of benzene rings is 2. The fraction of sp³-hybridized carbons (Fsp3) is 0.316. The molecule has 22 heavy (non-hydrogen) atoms. The second kappa shape index (κ2) is 7.23. The van der Waals surface area contributed by atoms with Crippen molar-refractivity contribution in [2.75, 3.05) is 13.1 Å². The van der Waals surface area contributed by atoms with Gasteiger partial charge in [-0.2, -0.15) is 0 Å². The maximum atomic E-state index is 12.2. The number of esters is 1. The zero-order valence-corrected chi connectivity index (χ0v) is 12.7. The van der Waals surface area contributed by atoms with Gasteiger partial charge in [0, 0.05) is 13.1 Å². The van der Waals surface area contributed by atoms with Gasteiger partial charge >= 0.3 is 5.97 Å². The molecule has 2 aromatic carbocycles. The van der Waals surface area contributed by atoms with Gasteiger partial charge in [-0.05, 0) is 24.1 Å². The Labute approximate surface area is 131 Å². The maximum absolute atomic E-state index is 12.2. The van der Waals surface area contributed by atoms with Crippen LogP contribution in [0.15, 0.2) is 60.7 Å². The SMILES string of the molecule is O=C(OCc1ccccc1)C1CCN(Cc2ccccc2)C1. The van der Waals surface area contributed by atoms with Crippen molar-refractivity contribution in [3.63, 3.8) is 0 Å². The van der Waals surface area contributed by atoms with Gasteiger partial charge in [0.2, 0.25) is 0 Å². The molecule has 1 fully saturated rings. The van der Waals surface area contributed by atoms with Crippen LogP contribution in [-0.4, -0.2) is 24.0 Å². The summed E-state index contributed by atoms with van der Waals surface area (Å²) >= 11 is 0. The fourth-order valence-corrected chi connectivity index (χ4v) is 2.86. The number of nitrogens with zero attached hydrogens (tertiary/aromatic N) is 1. The Kier molecular flexibility index (Phi) is 4.86. The third-order valence-electron chi connectivity index (χ3n) is 4.08. The second-order valence-electron chi connectivity index (χ2n) is 5.80. The molecule has 1 saturated heterocycles. The molecule has 0 amide bonds. The summed E-state index contributed by atoms with van der Waals surface area (Å²) in [5.74, 6) is -0.0631. The van der Waals surface area contributed by atoms with E-state index >= 15 is 0 Å². The number of hydrogen-bond acceptors (Lipinski definition) is 3. The molecule has 0 aliphatic carbocycles. The minimum atomic E-state index is -0.0700. The van der Waals surface area contributed by atoms with Crippen LogP contribution in [0.2, 0.25) is 0 Å². The van der Waals surface area contributed by atoms with Crippen molar-refractivity contribution in [1.29, 1.82) is 0 Å². The van der Waals surface area contributed by atoms with E-state index < -0.39 is 0 Å². The molecule has 0 saturated carbocycles. The van der Waals surface area contributed by atoms with Gasteiger partial charge in [0.05, 0.1) is 5.92 Å². The number of rotatable bonds is 5. The van der Waals surface area contributed by atoms with E-state index in [1.807, 2.05) is 36.4 Å². The van der Waals surface area contributed by atoms with Crippen LogP contribution in [0.5, 0.6) is 0 Å². The lowest BCUT2D eigenvalue weighted by Crippen LogP contribution is -2.24. The molecule has 1 heterocycles. The third kappa shape index (κ3) is 3.95. The Balaban J connectivity index is 1.46. The van der Waals surface area contributed by atoms with Gasteiger partial charge in [0.25, 0.3) is 0 Å². The Morgan fingerprint density at radius 2 is 1.64 bits per heavy atom. The molecule has 1 aliphatic heterocycles. The Hall–Kier alpha value is -2.13. The van der Waals surface area contributed by atoms with Gasteiger partial charge in [0.15, 0.2) is 0 Å². The standard InChI is InChI=1S/C19H21NO2/c21-19(22-15-17-9-5-2-6-10-17)18-11-12-20(14-18)13-16-7-3-1-4-8-16/h1-10,18H,11-15H2. The number of carbonyl (C=O) groups is 1. The maximum Gasteiger partial charge on any atom is 0.310 e. The first-order valence-corrected chi connectivity index (χ1v) is 7.78. The van der Waals surface area contributed by atoms with Crippen molar-refractivity contribution in [1.82, 2.24) is 4.90 Å². The number of hydrogen-bond donors (Lipinski definition) is 0. The van der Waals surface area contributed by atoms with E-state index in [4.69, 9.17) is 4.74 Å². The largest absolute Gasteiger partial charge is 0.461 e. The molecule has 1 aliphatic rings. The first-order chi connectivity index (χ1) is 10.8. The lowest BCUT2D eigenvalue weighted by Gasteiger charge is -2.15. The van der Waals surface area contributed by atoms with E-state index in [2.05, 4.69) is 29.2 Å². The molecule has 1 atom stereocenters. The number of likely N-dealkylation sites (tertiary alicyclic amines) is 1. The van der Waals surface area contributed by atoms with Crippen molar-refractivity contribution < 1.29 is 9.53 Å². The van der Waals surface area contributed by atoms with Crippen LogP contribution in [-0.2, 0) is 22.7 Å². The van der Waals surface area contributed by atoms with Crippen molar-refractivity contribution in [3.8, 4) is 0 Å². The van der Waals surface area contributed by atoms with E-state index in [0.717, 1.165) is 31.6 Å². The summed E-state index contributed by atoms with van der Waals surface area (Å²) in [7, 11) is 0. The van der Waals surface area contributed by atoms with E-state index in [9.17, 15) is 4.79 Å². The molecule has 1 unspecified atom stereocenters. The van der Waals surface area contributed by atoms with Gasteiger partial charge in [-0.25, -0.2) is 0 Å². The predicted octanol–water partition coefficient (Wildman–Crippen LogP) is 3.25. The molecule has 3 rings (SSSR count). The molecule has 114 valence electrons. The molecule has 0 bridgehead atoms. The minimum Gasteiger partial charge on any atom is -0.461 e. The molecule has 0 N–H and O–H groups in total. The van der Waals surface area contributed by atoms with Gasteiger partial charge in [-0.15, -0.1) is 0 Å². The molecule has 3 nitrogen and oxygen atoms in total. The first kappa shape index (κ1) is 14.8. The summed E-state index contributed by atoms with van der Waals surface area (Å²) in [4.78, 5) is 14.5. The predicted molar refractivity (Wildman–Crippen MR) is 86.1 cm³/mol. The molecule has 0 aromatic heterocycles. The average molecular weight is 295 g/mol. The topological polar surface area (TPSA) is 29.5 Å². The Bertz CT molecular complexity index is 597. The summed E-state index contributed by atoms with van der Waals surface area (Å²) in [6.45, 7) is 3.03. The summed E-state index contributed by atoms with van der Waals surface area (Å²) in [6, 6.07) is 20.2. The van der Waals surface area contributed by atoms with Crippen LogP contribution in [0.25, 0.3) is 0 Å². The van der Waals surface area contributed by atoms with E-state index in [1.54, 1.807) is 0 Å². The minimum absolute atomic E-state index is 0.00687. The Morgan fingerprint density at radius 1 is 1.00 bits per heavy atom. The van der Waals surface area contributed by atoms with Crippen molar-refractivity contribution in [2.45, 2.75) is 19.6 Å². The molecular formula is C19H21NO2. The molecule has 3 heteroatoms. The summed E-state index contributed by atoms with van der Waals surface area (Å²) in [5.41, 5.74) is 2.33. The van der Waals surface area contributed by atoms with Crippen molar-refractivity contribution in [3.05, 3.63) is 71.8 Å². The van der Waals surface area contributed by atoms with E-state index in [0.29, 0.717) is 6.61 Å². The van der Waals surface area contributed by atoms with Crippen LogP contribution in [0.1, 0.15) is 17.5 Å². The summed E-state index contributed by atoms with van der Waals surface area (Å²) in [5, 5.41) is 0. The van der Waals surface area contributed by atoms with Crippen LogP contribution < -0.4 is 0 Å². The van der Waals surface area contributed by atoms with Crippen LogP contribution in [0.4, 0.5) is 0 Å². The Morgan fingerprint density at radius 3 is 2.32 bits per heavy atom. The van der Waals surface area contributed by atoms with Crippen molar-refractivity contribution >= 4 is 5.97 Å². The average Bonchev–Trinajstić information content (AvgIpc) is 3.03. The molecular weight excluding hydrogens is 274 g/mol. The van der Waals surface area contributed by atoms with Gasteiger partial charge in [0.1, 0.15) is 6.61 Å². The van der Waals surface area contributed by atoms with Crippen molar-refractivity contribution in [2.24, 2.45) is 5.92 Å². The van der Waals surface area contributed by atoms with Crippen LogP contribution in [0, 0.1) is 5.92 Å². The monoisotopic (exact) mass is 295 g/mol. The lowest BCUT2D eigenvalue weighted by molar-refractivity contribution is -0.149. The highest BCUT2D eigenvalue weighted by Gasteiger charge is 2.29. The van der Waals surface area contributed by atoms with Gasteiger partial charge in [-0.3, -0.25) is 9.69 Å². The van der Waals surface area contributed by atoms with E-state index in [1.165, 1.54) is 5.56 Å². The molecule has 0 spiro atoms. The zero-order chi connectivity index (χ0) is 15.2. The second-order valence-corrected chi connectivity index (χ2v) is 5.80. The summed E-state index contributed by atoms with van der Waals surface area (Å²) in [6.07, 6.45) is 0.889. The quantitative estimate of drug-likeness (QED) is 0.793.